The zero-order valence-electron chi connectivity index (χ0n) is 8.47. The summed E-state index contributed by atoms with van der Waals surface area (Å²) in [7, 11) is 0. The minimum Gasteiger partial charge on any atom is -0.376 e. The molecule has 0 saturated carbocycles. The van der Waals surface area contributed by atoms with Gasteiger partial charge in [0.2, 0.25) is 0 Å². The van der Waals surface area contributed by atoms with Crippen molar-refractivity contribution in [3.63, 3.8) is 0 Å². The average Bonchev–Trinajstić information content (AvgIpc) is 2.75. The highest BCUT2D eigenvalue weighted by atomic mass is 16.5. The Labute approximate surface area is 84.6 Å². The van der Waals surface area contributed by atoms with Gasteiger partial charge in [-0.3, -0.25) is 0 Å². The van der Waals surface area contributed by atoms with Gasteiger partial charge in [0.05, 0.1) is 26.4 Å². The molecule has 14 heavy (non-hydrogen) atoms. The Morgan fingerprint density at radius 2 is 1.93 bits per heavy atom. The molecule has 1 atom stereocenters. The van der Waals surface area contributed by atoms with E-state index in [4.69, 9.17) is 9.47 Å². The van der Waals surface area contributed by atoms with Crippen LogP contribution in [0, 0.1) is 5.41 Å². The molecule has 0 N–H and O–H groups in total. The molecule has 0 radical (unpaired) electrons. The first kappa shape index (κ1) is 8.69. The molecule has 1 unspecified atom stereocenters. The number of rotatable bonds is 0. The van der Waals surface area contributed by atoms with E-state index in [1.807, 2.05) is 0 Å². The molecule has 1 spiro atoms. The van der Waals surface area contributed by atoms with Gasteiger partial charge in [-0.1, -0.05) is 6.58 Å². The number of ether oxygens (including phenoxy) is 2. The fraction of sp³-hybridized carbons (Fsp3) is 0.667. The van der Waals surface area contributed by atoms with Crippen LogP contribution in [0.3, 0.4) is 0 Å². The van der Waals surface area contributed by atoms with Crippen LogP contribution in [0.4, 0.5) is 0 Å². The van der Waals surface area contributed by atoms with E-state index < -0.39 is 0 Å². The minimum absolute atomic E-state index is 0.270. The predicted octanol–water partition coefficient (Wildman–Crippen LogP) is 2.07. The van der Waals surface area contributed by atoms with Gasteiger partial charge in [-0.15, -0.1) is 0 Å². The van der Waals surface area contributed by atoms with Gasteiger partial charge in [0.25, 0.3) is 0 Å². The third kappa shape index (κ3) is 1.11. The molecule has 3 aliphatic rings. The third-order valence-electron chi connectivity index (χ3n) is 3.91. The number of hydrogen-bond donors (Lipinski definition) is 0. The highest BCUT2D eigenvalue weighted by Crippen LogP contribution is 2.48. The quantitative estimate of drug-likeness (QED) is 0.547. The maximum absolute atomic E-state index is 5.54. The van der Waals surface area contributed by atoms with E-state index in [2.05, 4.69) is 6.58 Å². The Morgan fingerprint density at radius 3 is 2.71 bits per heavy atom. The van der Waals surface area contributed by atoms with Gasteiger partial charge in [0.15, 0.2) is 0 Å². The largest absolute Gasteiger partial charge is 0.376 e. The van der Waals surface area contributed by atoms with Crippen LogP contribution >= 0.6 is 0 Å². The van der Waals surface area contributed by atoms with Crippen molar-refractivity contribution >= 4 is 0 Å². The van der Waals surface area contributed by atoms with Gasteiger partial charge in [-0.25, -0.2) is 0 Å². The SMILES string of the molecule is C=C1COCC12CCC1=C(COC1)C2. The fourth-order valence-electron chi connectivity index (χ4n) is 2.86. The molecule has 1 aliphatic carbocycles. The van der Waals surface area contributed by atoms with E-state index in [1.54, 1.807) is 5.57 Å². The molecule has 0 aromatic rings. The van der Waals surface area contributed by atoms with Crippen LogP contribution in [0.1, 0.15) is 19.3 Å². The standard InChI is InChI=1S/C12H16O2/c1-9-5-14-8-12(9)3-2-10-6-13-7-11(10)4-12/h1-8H2. The molecular formula is C12H16O2. The lowest BCUT2D eigenvalue weighted by atomic mass is 9.70. The highest BCUT2D eigenvalue weighted by molar-refractivity contribution is 5.30. The van der Waals surface area contributed by atoms with Gasteiger partial charge in [-0.2, -0.15) is 0 Å². The summed E-state index contributed by atoms with van der Waals surface area (Å²) in [6, 6.07) is 0. The lowest BCUT2D eigenvalue weighted by Gasteiger charge is -2.33. The molecule has 0 aromatic carbocycles. The van der Waals surface area contributed by atoms with Gasteiger partial charge in [0.1, 0.15) is 0 Å². The molecule has 1 fully saturated rings. The summed E-state index contributed by atoms with van der Waals surface area (Å²) < 4.78 is 11.0. The van der Waals surface area contributed by atoms with E-state index in [0.29, 0.717) is 0 Å². The van der Waals surface area contributed by atoms with E-state index in [9.17, 15) is 0 Å². The van der Waals surface area contributed by atoms with Crippen molar-refractivity contribution in [3.8, 4) is 0 Å². The van der Waals surface area contributed by atoms with Gasteiger partial charge < -0.3 is 9.47 Å². The monoisotopic (exact) mass is 192 g/mol. The van der Waals surface area contributed by atoms with Crippen LogP contribution in [0.15, 0.2) is 23.3 Å². The first-order valence-electron chi connectivity index (χ1n) is 5.34. The first-order chi connectivity index (χ1) is 6.80. The van der Waals surface area contributed by atoms with Crippen LogP contribution in [-0.4, -0.2) is 26.4 Å². The van der Waals surface area contributed by atoms with Gasteiger partial charge >= 0.3 is 0 Å². The zero-order valence-corrected chi connectivity index (χ0v) is 8.47. The summed E-state index contributed by atoms with van der Waals surface area (Å²) in [5.74, 6) is 0. The molecule has 2 nitrogen and oxygen atoms in total. The molecule has 1 saturated heterocycles. The summed E-state index contributed by atoms with van der Waals surface area (Å²) >= 11 is 0. The third-order valence-corrected chi connectivity index (χ3v) is 3.91. The topological polar surface area (TPSA) is 18.5 Å². The van der Waals surface area contributed by atoms with Gasteiger partial charge in [-0.05, 0) is 36.0 Å². The molecule has 2 aliphatic heterocycles. The average molecular weight is 192 g/mol. The lowest BCUT2D eigenvalue weighted by Crippen LogP contribution is -2.27. The van der Waals surface area contributed by atoms with Crippen molar-refractivity contribution in [2.24, 2.45) is 5.41 Å². The Hall–Kier alpha value is -0.600. The molecular weight excluding hydrogens is 176 g/mol. The summed E-state index contributed by atoms with van der Waals surface area (Å²) in [5.41, 5.74) is 4.65. The summed E-state index contributed by atoms with van der Waals surface area (Å²) in [6.45, 7) is 7.53. The van der Waals surface area contributed by atoms with Crippen molar-refractivity contribution in [2.45, 2.75) is 19.3 Å². The van der Waals surface area contributed by atoms with Crippen molar-refractivity contribution in [3.05, 3.63) is 23.3 Å². The zero-order chi connectivity index (χ0) is 9.60. The maximum Gasteiger partial charge on any atom is 0.0685 e. The first-order valence-corrected chi connectivity index (χ1v) is 5.34. The second kappa shape index (κ2) is 2.94. The van der Waals surface area contributed by atoms with E-state index in [0.717, 1.165) is 32.8 Å². The summed E-state index contributed by atoms with van der Waals surface area (Å²) in [4.78, 5) is 0. The fourth-order valence-corrected chi connectivity index (χ4v) is 2.86. The predicted molar refractivity (Wildman–Crippen MR) is 54.1 cm³/mol. The normalized spacial score (nSPS) is 37.0. The second-order valence-electron chi connectivity index (χ2n) is 4.75. The van der Waals surface area contributed by atoms with E-state index in [1.165, 1.54) is 24.0 Å². The highest BCUT2D eigenvalue weighted by Gasteiger charge is 2.42. The van der Waals surface area contributed by atoms with Crippen LogP contribution in [-0.2, 0) is 9.47 Å². The Balaban J connectivity index is 1.89. The second-order valence-corrected chi connectivity index (χ2v) is 4.75. The molecule has 0 amide bonds. The van der Waals surface area contributed by atoms with Crippen LogP contribution < -0.4 is 0 Å². The summed E-state index contributed by atoms with van der Waals surface area (Å²) in [5, 5.41) is 0. The van der Waals surface area contributed by atoms with Gasteiger partial charge in [0, 0.05) is 5.41 Å². The van der Waals surface area contributed by atoms with E-state index in [-0.39, 0.29) is 5.41 Å². The smallest absolute Gasteiger partial charge is 0.0685 e. The van der Waals surface area contributed by atoms with Crippen LogP contribution in [0.2, 0.25) is 0 Å². The molecule has 2 heteroatoms. The molecule has 0 aromatic heterocycles. The molecule has 2 heterocycles. The molecule has 76 valence electrons. The van der Waals surface area contributed by atoms with Crippen molar-refractivity contribution in [2.75, 3.05) is 26.4 Å². The Morgan fingerprint density at radius 1 is 1.07 bits per heavy atom. The molecule has 0 bridgehead atoms. The Bertz CT molecular complexity index is 316. The maximum atomic E-state index is 5.54. The van der Waals surface area contributed by atoms with Crippen molar-refractivity contribution in [1.29, 1.82) is 0 Å². The molecule has 3 rings (SSSR count). The van der Waals surface area contributed by atoms with Crippen molar-refractivity contribution < 1.29 is 9.47 Å². The van der Waals surface area contributed by atoms with E-state index >= 15 is 0 Å². The van der Waals surface area contributed by atoms with Crippen molar-refractivity contribution in [1.82, 2.24) is 0 Å². The Kier molecular flexibility index (Phi) is 1.83. The van der Waals surface area contributed by atoms with Crippen LogP contribution in [0.25, 0.3) is 0 Å². The number of hydrogen-bond acceptors (Lipinski definition) is 2. The minimum atomic E-state index is 0.270. The lowest BCUT2D eigenvalue weighted by molar-refractivity contribution is 0.143. The summed E-state index contributed by atoms with van der Waals surface area (Å²) in [6.07, 6.45) is 3.55. The van der Waals surface area contributed by atoms with Crippen LogP contribution in [0.5, 0.6) is 0 Å².